The van der Waals surface area contributed by atoms with Crippen molar-refractivity contribution in [2.75, 3.05) is 13.6 Å². The second-order valence-electron chi connectivity index (χ2n) is 5.82. The van der Waals surface area contributed by atoms with Crippen molar-refractivity contribution in [1.29, 1.82) is 0 Å². The highest BCUT2D eigenvalue weighted by molar-refractivity contribution is 5.89. The van der Waals surface area contributed by atoms with Crippen molar-refractivity contribution in [3.8, 4) is 0 Å². The van der Waals surface area contributed by atoms with E-state index in [4.69, 9.17) is 4.74 Å². The summed E-state index contributed by atoms with van der Waals surface area (Å²) >= 11 is 0. The van der Waals surface area contributed by atoms with Gasteiger partial charge in [0.15, 0.2) is 0 Å². The maximum atomic E-state index is 12.1. The van der Waals surface area contributed by atoms with Gasteiger partial charge in [0.1, 0.15) is 11.6 Å². The van der Waals surface area contributed by atoms with Gasteiger partial charge in [0.2, 0.25) is 5.91 Å². The Morgan fingerprint density at radius 2 is 1.90 bits per heavy atom. The predicted molar refractivity (Wildman–Crippen MR) is 71.2 cm³/mol. The van der Waals surface area contributed by atoms with Crippen molar-refractivity contribution in [3.63, 3.8) is 0 Å². The first kappa shape index (κ1) is 16.3. The molecule has 1 aliphatic heterocycles. The van der Waals surface area contributed by atoms with E-state index in [1.807, 2.05) is 0 Å². The third kappa shape index (κ3) is 3.85. The van der Waals surface area contributed by atoms with Gasteiger partial charge in [-0.25, -0.2) is 9.59 Å². The minimum absolute atomic E-state index is 0.277. The van der Waals surface area contributed by atoms with Crippen LogP contribution in [0.15, 0.2) is 0 Å². The zero-order valence-electron chi connectivity index (χ0n) is 12.3. The number of likely N-dealkylation sites (tertiary alicyclic amines) is 1. The molecule has 0 saturated carbocycles. The van der Waals surface area contributed by atoms with Crippen molar-refractivity contribution in [2.45, 2.75) is 45.3 Å². The van der Waals surface area contributed by atoms with Crippen LogP contribution >= 0.6 is 0 Å². The summed E-state index contributed by atoms with van der Waals surface area (Å²) in [5, 5.41) is 11.8. The molecular weight excluding hydrogens is 264 g/mol. The third-order valence-corrected chi connectivity index (χ3v) is 3.10. The van der Waals surface area contributed by atoms with Crippen LogP contribution in [0.5, 0.6) is 0 Å². The molecule has 0 aromatic rings. The summed E-state index contributed by atoms with van der Waals surface area (Å²) in [6, 6.07) is -1.18. The van der Waals surface area contributed by atoms with Crippen LogP contribution in [-0.2, 0) is 14.3 Å². The van der Waals surface area contributed by atoms with Crippen molar-refractivity contribution >= 4 is 18.0 Å². The number of carboxylic acid groups (broad SMARTS) is 1. The van der Waals surface area contributed by atoms with Gasteiger partial charge < -0.3 is 15.2 Å². The molecule has 1 fully saturated rings. The van der Waals surface area contributed by atoms with E-state index in [9.17, 15) is 19.5 Å². The average Bonchev–Trinajstić information content (AvgIpc) is 2.34. The number of ether oxygens (including phenoxy) is 1. The molecule has 0 spiro atoms. The Labute approximate surface area is 118 Å². The molecule has 1 heterocycles. The van der Waals surface area contributed by atoms with E-state index < -0.39 is 29.6 Å². The molecule has 2 amide bonds. The summed E-state index contributed by atoms with van der Waals surface area (Å²) in [4.78, 5) is 36.4. The number of carboxylic acids is 1. The molecule has 7 nitrogen and oxygen atoms in total. The number of amides is 2. The van der Waals surface area contributed by atoms with Crippen molar-refractivity contribution < 1.29 is 24.2 Å². The SMILES string of the molecule is CNC(=O)[C@@H]1CCCN(C(=O)OC(C)(C)C)[C@@H]1C(=O)O. The van der Waals surface area contributed by atoms with E-state index in [-0.39, 0.29) is 12.5 Å². The molecule has 7 heteroatoms. The Kier molecular flexibility index (Phi) is 4.97. The molecular formula is C13H22N2O5. The maximum Gasteiger partial charge on any atom is 0.411 e. The summed E-state index contributed by atoms with van der Waals surface area (Å²) in [5.74, 6) is -2.31. The molecule has 1 aliphatic rings. The molecule has 0 bridgehead atoms. The fraction of sp³-hybridized carbons (Fsp3) is 0.769. The minimum atomic E-state index is -1.19. The molecule has 1 saturated heterocycles. The molecule has 0 radical (unpaired) electrons. The van der Waals surface area contributed by atoms with Crippen LogP contribution < -0.4 is 5.32 Å². The van der Waals surface area contributed by atoms with Gasteiger partial charge in [-0.2, -0.15) is 0 Å². The highest BCUT2D eigenvalue weighted by Crippen LogP contribution is 2.26. The van der Waals surface area contributed by atoms with E-state index in [0.29, 0.717) is 12.8 Å². The molecule has 0 unspecified atom stereocenters. The van der Waals surface area contributed by atoms with Gasteiger partial charge in [0, 0.05) is 13.6 Å². The lowest BCUT2D eigenvalue weighted by molar-refractivity contribution is -0.150. The van der Waals surface area contributed by atoms with E-state index in [2.05, 4.69) is 5.32 Å². The fourth-order valence-corrected chi connectivity index (χ4v) is 2.29. The molecule has 0 aromatic carbocycles. The summed E-state index contributed by atoms with van der Waals surface area (Å²) < 4.78 is 5.21. The number of rotatable bonds is 2. The Morgan fingerprint density at radius 3 is 2.35 bits per heavy atom. The zero-order valence-corrected chi connectivity index (χ0v) is 12.3. The number of carbonyl (C=O) groups is 3. The number of hydrogen-bond acceptors (Lipinski definition) is 4. The van der Waals surface area contributed by atoms with Gasteiger partial charge in [-0.3, -0.25) is 9.69 Å². The van der Waals surface area contributed by atoms with E-state index in [1.165, 1.54) is 7.05 Å². The second-order valence-corrected chi connectivity index (χ2v) is 5.82. The van der Waals surface area contributed by atoms with Gasteiger partial charge in [-0.05, 0) is 33.6 Å². The minimum Gasteiger partial charge on any atom is -0.480 e. The van der Waals surface area contributed by atoms with Crippen molar-refractivity contribution in [3.05, 3.63) is 0 Å². The summed E-state index contributed by atoms with van der Waals surface area (Å²) in [6.45, 7) is 5.40. The largest absolute Gasteiger partial charge is 0.480 e. The molecule has 2 atom stereocenters. The van der Waals surface area contributed by atoms with E-state index in [1.54, 1.807) is 20.8 Å². The Balaban J connectivity index is 2.96. The predicted octanol–water partition coefficient (Wildman–Crippen LogP) is 0.833. The summed E-state index contributed by atoms with van der Waals surface area (Å²) in [5.41, 5.74) is -0.708. The van der Waals surface area contributed by atoms with Gasteiger partial charge in [-0.15, -0.1) is 0 Å². The number of nitrogens with one attached hydrogen (secondary N) is 1. The highest BCUT2D eigenvalue weighted by atomic mass is 16.6. The topological polar surface area (TPSA) is 95.9 Å². The van der Waals surface area contributed by atoms with Crippen LogP contribution in [0.25, 0.3) is 0 Å². The third-order valence-electron chi connectivity index (χ3n) is 3.10. The molecule has 0 aliphatic carbocycles. The lowest BCUT2D eigenvalue weighted by Crippen LogP contribution is -2.57. The summed E-state index contributed by atoms with van der Waals surface area (Å²) in [7, 11) is 1.45. The van der Waals surface area contributed by atoms with Gasteiger partial charge >= 0.3 is 12.1 Å². The first-order valence-corrected chi connectivity index (χ1v) is 6.61. The van der Waals surface area contributed by atoms with Gasteiger partial charge in [-0.1, -0.05) is 0 Å². The molecule has 2 N–H and O–H groups in total. The van der Waals surface area contributed by atoms with Crippen molar-refractivity contribution in [1.82, 2.24) is 10.2 Å². The van der Waals surface area contributed by atoms with Crippen LogP contribution in [0.1, 0.15) is 33.6 Å². The Bertz CT molecular complexity index is 402. The van der Waals surface area contributed by atoms with Gasteiger partial charge in [0.25, 0.3) is 0 Å². The fourth-order valence-electron chi connectivity index (χ4n) is 2.29. The zero-order chi connectivity index (χ0) is 15.5. The smallest absolute Gasteiger partial charge is 0.411 e. The normalized spacial score (nSPS) is 23.1. The van der Waals surface area contributed by atoms with Crippen LogP contribution in [0.3, 0.4) is 0 Å². The van der Waals surface area contributed by atoms with Crippen LogP contribution in [0.4, 0.5) is 4.79 Å². The molecule has 20 heavy (non-hydrogen) atoms. The number of carbonyl (C=O) groups excluding carboxylic acids is 2. The first-order chi connectivity index (χ1) is 9.17. The Hall–Kier alpha value is -1.79. The molecule has 1 rings (SSSR count). The van der Waals surface area contributed by atoms with Gasteiger partial charge in [0.05, 0.1) is 5.92 Å². The van der Waals surface area contributed by atoms with E-state index in [0.717, 1.165) is 4.90 Å². The van der Waals surface area contributed by atoms with Crippen LogP contribution in [0.2, 0.25) is 0 Å². The van der Waals surface area contributed by atoms with Crippen molar-refractivity contribution in [2.24, 2.45) is 5.92 Å². The average molecular weight is 286 g/mol. The lowest BCUT2D eigenvalue weighted by Gasteiger charge is -2.38. The summed E-state index contributed by atoms with van der Waals surface area (Å²) in [6.07, 6.45) is 0.315. The standard InChI is InChI=1S/C13H22N2O5/c1-13(2,3)20-12(19)15-7-5-6-8(10(16)14-4)9(15)11(17)18/h8-9H,5-7H2,1-4H3,(H,14,16)(H,17,18)/t8-,9+/m1/s1. The lowest BCUT2D eigenvalue weighted by atomic mass is 9.88. The number of nitrogens with zero attached hydrogens (tertiary/aromatic N) is 1. The van der Waals surface area contributed by atoms with Crippen LogP contribution in [-0.4, -0.2) is 53.2 Å². The second kappa shape index (κ2) is 6.11. The first-order valence-electron chi connectivity index (χ1n) is 6.61. The molecule has 114 valence electrons. The number of aliphatic carboxylic acids is 1. The molecule has 0 aromatic heterocycles. The highest BCUT2D eigenvalue weighted by Gasteiger charge is 2.44. The number of hydrogen-bond donors (Lipinski definition) is 2. The Morgan fingerprint density at radius 1 is 1.30 bits per heavy atom. The quantitative estimate of drug-likeness (QED) is 0.784. The maximum absolute atomic E-state index is 12.1. The van der Waals surface area contributed by atoms with E-state index >= 15 is 0 Å². The monoisotopic (exact) mass is 286 g/mol. The number of piperidine rings is 1. The van der Waals surface area contributed by atoms with Crippen LogP contribution in [0, 0.1) is 5.92 Å².